The summed E-state index contributed by atoms with van der Waals surface area (Å²) in [5.74, 6) is 0.141. The fourth-order valence-electron chi connectivity index (χ4n) is 6.10. The number of carbonyl (C=O) groups is 4. The van der Waals surface area contributed by atoms with Gasteiger partial charge in [-0.3, -0.25) is 0 Å². The summed E-state index contributed by atoms with van der Waals surface area (Å²) in [5.41, 5.74) is 0.846. The van der Waals surface area contributed by atoms with Crippen LogP contribution in [-0.4, -0.2) is 103 Å². The van der Waals surface area contributed by atoms with Crippen molar-refractivity contribution >= 4 is 59.7 Å². The van der Waals surface area contributed by atoms with Crippen LogP contribution in [0.1, 0.15) is 62.5 Å². The maximum atomic E-state index is 13.0. The largest absolute Gasteiger partial charge is 0.494 e. The van der Waals surface area contributed by atoms with Gasteiger partial charge in [-0.2, -0.15) is 0 Å². The average molecular weight is 1010 g/mol. The molecule has 2 aromatic heterocycles. The highest BCUT2D eigenvalue weighted by atomic mass is 35.5. The molecule has 18 nitrogen and oxygen atoms in total. The molecule has 0 spiro atoms. The number of anilines is 2. The molecule has 22 heteroatoms. The van der Waals surface area contributed by atoms with Gasteiger partial charge in [-0.1, -0.05) is 12.1 Å². The van der Waals surface area contributed by atoms with Crippen molar-refractivity contribution in [3.8, 4) is 34.4 Å². The van der Waals surface area contributed by atoms with Gasteiger partial charge in [0.15, 0.2) is 17.2 Å². The van der Waals surface area contributed by atoms with E-state index in [1.165, 1.54) is 77.0 Å². The number of nitrogens with one attached hydrogen (secondary N) is 2. The number of esters is 4. The molecule has 378 valence electrons. The van der Waals surface area contributed by atoms with E-state index < -0.39 is 36.0 Å². The van der Waals surface area contributed by atoms with Crippen molar-refractivity contribution in [3.05, 3.63) is 138 Å². The van der Waals surface area contributed by atoms with Crippen LogP contribution in [0.15, 0.2) is 109 Å². The van der Waals surface area contributed by atoms with Gasteiger partial charge in [0.05, 0.1) is 39.6 Å². The number of ether oxygens (including phenoxy) is 6. The molecule has 1 saturated heterocycles. The quantitative estimate of drug-likeness (QED) is 0.0451. The van der Waals surface area contributed by atoms with E-state index in [2.05, 4.69) is 40.0 Å². The normalized spacial score (nSPS) is 13.8. The summed E-state index contributed by atoms with van der Waals surface area (Å²) in [6.07, 6.45) is 0. The maximum Gasteiger partial charge on any atom is 0.494 e. The first kappa shape index (κ1) is 55.2. The molecule has 4 aromatic carbocycles. The zero-order valence-corrected chi connectivity index (χ0v) is 41.7. The Balaban J connectivity index is 0.000000209. The molecule has 0 saturated carbocycles. The van der Waals surface area contributed by atoms with E-state index in [4.69, 9.17) is 39.9 Å². The molecule has 1 fully saturated rings. The van der Waals surface area contributed by atoms with Crippen LogP contribution in [0.4, 0.5) is 20.4 Å². The van der Waals surface area contributed by atoms with Gasteiger partial charge < -0.3 is 48.4 Å². The van der Waals surface area contributed by atoms with Crippen LogP contribution in [0.25, 0.3) is 11.4 Å². The van der Waals surface area contributed by atoms with Crippen molar-refractivity contribution in [1.82, 2.24) is 19.9 Å². The monoisotopic (exact) mass is 1010 g/mol. The Morgan fingerprint density at radius 1 is 0.556 bits per heavy atom. The standard InChI is InChI=1S/C22H20FN3O5.C18H20BFO3.C10H12ClN3O4/c1-13(21(27)29-2)24-19-12-18(22(28)30-3)25-20(26-19)14-4-8-16(9-5-14)31-17-10-6-15(23)7-11-17;1-17(2)18(3,4)23-19(22-17)13-5-9-15(10-6-13)21-16-11-7-14(20)8-12-16;1-5(8(15)17-2)12-7-4-6(9(16)18-3)13-10(11)14-7/h4-13H,1-3H3,(H,24,25,26);5-12H,1-4H3;4-5H,1-3H3,(H,12,13,14)/t13-;;5-/m0.0/s1. The predicted molar refractivity (Wildman–Crippen MR) is 262 cm³/mol. The van der Waals surface area contributed by atoms with Crippen molar-refractivity contribution < 1.29 is 65.7 Å². The molecule has 7 rings (SSSR count). The van der Waals surface area contributed by atoms with Crippen molar-refractivity contribution in [2.75, 3.05) is 39.1 Å². The third-order valence-electron chi connectivity index (χ3n) is 10.7. The molecular weight excluding hydrogens is 961 g/mol. The molecular formula is C50H52BClF2N6O12. The number of nitrogens with zero attached hydrogens (tertiary/aromatic N) is 4. The second-order valence-electron chi connectivity index (χ2n) is 16.4. The lowest BCUT2D eigenvalue weighted by Crippen LogP contribution is -2.41. The Kier molecular flexibility index (Phi) is 19.1. The van der Waals surface area contributed by atoms with Gasteiger partial charge in [-0.25, -0.2) is 47.9 Å². The molecule has 0 amide bonds. The number of aromatic nitrogens is 4. The topological polar surface area (TPSA) is 218 Å². The molecule has 1 aliphatic rings. The summed E-state index contributed by atoms with van der Waals surface area (Å²) in [4.78, 5) is 62.4. The first-order valence-corrected chi connectivity index (χ1v) is 22.2. The van der Waals surface area contributed by atoms with Crippen LogP contribution < -0.4 is 25.6 Å². The number of halogens is 3. The number of hydrogen-bond acceptors (Lipinski definition) is 18. The van der Waals surface area contributed by atoms with Crippen LogP contribution >= 0.6 is 11.6 Å². The summed E-state index contributed by atoms with van der Waals surface area (Å²) in [7, 11) is 4.63. The molecule has 0 aliphatic carbocycles. The van der Waals surface area contributed by atoms with E-state index in [-0.39, 0.29) is 64.1 Å². The third-order valence-corrected chi connectivity index (χ3v) is 10.8. The Labute approximate surface area is 419 Å². The molecule has 0 bridgehead atoms. The van der Waals surface area contributed by atoms with Crippen LogP contribution in [0.5, 0.6) is 23.0 Å². The van der Waals surface area contributed by atoms with Crippen molar-refractivity contribution in [2.24, 2.45) is 0 Å². The fraction of sp³-hybridized carbons (Fsp3) is 0.280. The number of benzene rings is 4. The van der Waals surface area contributed by atoms with Crippen molar-refractivity contribution in [3.63, 3.8) is 0 Å². The van der Waals surface area contributed by atoms with Crippen LogP contribution in [0.3, 0.4) is 0 Å². The van der Waals surface area contributed by atoms with Crippen LogP contribution in [0.2, 0.25) is 5.28 Å². The average Bonchev–Trinajstić information content (AvgIpc) is 3.59. The van der Waals surface area contributed by atoms with Crippen LogP contribution in [0, 0.1) is 11.6 Å². The van der Waals surface area contributed by atoms with E-state index in [1.807, 2.05) is 52.0 Å². The lowest BCUT2D eigenvalue weighted by atomic mass is 9.79. The molecule has 6 aromatic rings. The van der Waals surface area contributed by atoms with E-state index >= 15 is 0 Å². The molecule has 3 heterocycles. The van der Waals surface area contributed by atoms with Crippen molar-refractivity contribution in [2.45, 2.75) is 64.8 Å². The van der Waals surface area contributed by atoms with Gasteiger partial charge in [0.25, 0.3) is 0 Å². The Morgan fingerprint density at radius 2 is 0.931 bits per heavy atom. The van der Waals surface area contributed by atoms with Gasteiger partial charge in [-0.15, -0.1) is 0 Å². The zero-order valence-electron chi connectivity index (χ0n) is 40.9. The Bertz CT molecular complexity index is 2800. The predicted octanol–water partition coefficient (Wildman–Crippen LogP) is 8.64. The lowest BCUT2D eigenvalue weighted by molar-refractivity contribution is -0.141. The first-order chi connectivity index (χ1) is 34.1. The number of rotatable bonds is 14. The SMILES string of the molecule is CC1(C)OB(c2ccc(Oc3ccc(F)cc3)cc2)OC1(C)C.COC(=O)c1cc(N[C@@H](C)C(=O)OC)nc(-c2ccc(Oc3ccc(F)cc3)cc2)n1.COC(=O)c1cc(N[C@@H](C)C(=O)OC)nc(Cl)n1. The van der Waals surface area contributed by atoms with Gasteiger partial charge in [-0.05, 0) is 144 Å². The summed E-state index contributed by atoms with van der Waals surface area (Å²) in [6.45, 7) is 11.3. The second-order valence-corrected chi connectivity index (χ2v) is 16.8. The Hall–Kier alpha value is -7.75. The molecule has 0 unspecified atom stereocenters. The summed E-state index contributed by atoms with van der Waals surface area (Å²) in [6, 6.07) is 27.3. The maximum absolute atomic E-state index is 13.0. The molecule has 0 radical (unpaired) electrons. The highest BCUT2D eigenvalue weighted by Crippen LogP contribution is 2.37. The summed E-state index contributed by atoms with van der Waals surface area (Å²) < 4.78 is 67.8. The minimum Gasteiger partial charge on any atom is -0.467 e. The smallest absolute Gasteiger partial charge is 0.467 e. The lowest BCUT2D eigenvalue weighted by Gasteiger charge is -2.32. The van der Waals surface area contributed by atoms with E-state index in [9.17, 15) is 28.0 Å². The van der Waals surface area contributed by atoms with Crippen molar-refractivity contribution in [1.29, 1.82) is 0 Å². The minimum atomic E-state index is -0.690. The first-order valence-electron chi connectivity index (χ1n) is 21.9. The van der Waals surface area contributed by atoms with E-state index in [0.29, 0.717) is 28.6 Å². The number of carbonyl (C=O) groups excluding carboxylic acids is 4. The number of hydrogen-bond donors (Lipinski definition) is 2. The summed E-state index contributed by atoms with van der Waals surface area (Å²) in [5, 5.41) is 5.49. The van der Waals surface area contributed by atoms with Gasteiger partial charge in [0, 0.05) is 17.7 Å². The molecule has 72 heavy (non-hydrogen) atoms. The molecule has 2 N–H and O–H groups in total. The molecule has 2 atom stereocenters. The fourth-order valence-corrected chi connectivity index (χ4v) is 6.28. The molecule has 1 aliphatic heterocycles. The van der Waals surface area contributed by atoms with Gasteiger partial charge in [0.1, 0.15) is 58.4 Å². The Morgan fingerprint density at radius 3 is 1.33 bits per heavy atom. The summed E-state index contributed by atoms with van der Waals surface area (Å²) >= 11 is 5.66. The van der Waals surface area contributed by atoms with Gasteiger partial charge in [0.2, 0.25) is 5.28 Å². The minimum absolute atomic E-state index is 0.00272. The zero-order chi connectivity index (χ0) is 52.8. The van der Waals surface area contributed by atoms with E-state index in [0.717, 1.165) is 5.46 Å². The number of methoxy groups -OCH3 is 4. The van der Waals surface area contributed by atoms with E-state index in [1.54, 1.807) is 50.2 Å². The second kappa shape index (κ2) is 24.9. The highest BCUT2D eigenvalue weighted by molar-refractivity contribution is 6.62. The highest BCUT2D eigenvalue weighted by Gasteiger charge is 2.51. The van der Waals surface area contributed by atoms with Gasteiger partial charge >= 0.3 is 31.0 Å². The van der Waals surface area contributed by atoms with Crippen LogP contribution in [-0.2, 0) is 37.8 Å². The third kappa shape index (κ3) is 15.4.